The molecule has 1 heterocycles. The number of hydrogen-bond acceptors (Lipinski definition) is 6. The first-order valence-electron chi connectivity index (χ1n) is 10.1. The molecule has 0 fully saturated rings. The van der Waals surface area contributed by atoms with Gasteiger partial charge in [-0.1, -0.05) is 67.4 Å². The zero-order valence-electron chi connectivity index (χ0n) is 17.3. The summed E-state index contributed by atoms with van der Waals surface area (Å²) in [6, 6.07) is 16.2. The van der Waals surface area contributed by atoms with Gasteiger partial charge in [-0.3, -0.25) is 14.2 Å². The van der Waals surface area contributed by atoms with Crippen LogP contribution in [-0.2, 0) is 22.7 Å². The molecule has 0 saturated heterocycles. The Balaban J connectivity index is 1.94. The molecule has 0 saturated carbocycles. The summed E-state index contributed by atoms with van der Waals surface area (Å²) >= 11 is 6.46. The number of hydrogen-bond donors (Lipinski definition) is 2. The van der Waals surface area contributed by atoms with Crippen LogP contribution >= 0.6 is 11.6 Å². The minimum atomic E-state index is -0.558. The highest BCUT2D eigenvalue weighted by Gasteiger charge is 2.20. The summed E-state index contributed by atoms with van der Waals surface area (Å²) in [6.45, 7) is 2.43. The largest absolute Gasteiger partial charge is 0.459 e. The van der Waals surface area contributed by atoms with Gasteiger partial charge in [-0.2, -0.15) is 0 Å². The van der Waals surface area contributed by atoms with Gasteiger partial charge in [0, 0.05) is 17.8 Å². The topological polar surface area (TPSA) is 99.2 Å². The Labute approximate surface area is 185 Å². The van der Waals surface area contributed by atoms with Crippen molar-refractivity contribution in [3.63, 3.8) is 0 Å². The van der Waals surface area contributed by atoms with E-state index in [2.05, 4.69) is 10.3 Å². The highest BCUT2D eigenvalue weighted by atomic mass is 35.5. The predicted octanol–water partition coefficient (Wildman–Crippen LogP) is 4.10. The maximum atomic E-state index is 13.1. The zero-order valence-corrected chi connectivity index (χ0v) is 18.1. The van der Waals surface area contributed by atoms with Crippen molar-refractivity contribution in [1.82, 2.24) is 9.55 Å². The number of ether oxygens (including phenoxy) is 1. The second-order valence-electron chi connectivity index (χ2n) is 7.04. The van der Waals surface area contributed by atoms with Crippen LogP contribution in [0, 0.1) is 0 Å². The molecule has 8 heteroatoms. The molecule has 0 unspecified atom stereocenters. The molecule has 2 aromatic carbocycles. The number of rotatable bonds is 9. The fraction of sp³-hybridized carbons (Fsp3) is 0.261. The Morgan fingerprint density at radius 2 is 1.97 bits per heavy atom. The number of anilines is 2. The van der Waals surface area contributed by atoms with Crippen molar-refractivity contribution < 1.29 is 9.53 Å². The second-order valence-corrected chi connectivity index (χ2v) is 7.40. The Morgan fingerprint density at radius 3 is 2.68 bits per heavy atom. The van der Waals surface area contributed by atoms with Crippen LogP contribution in [0.4, 0.5) is 11.5 Å². The molecule has 1 aromatic heterocycles. The van der Waals surface area contributed by atoms with Gasteiger partial charge in [0.15, 0.2) is 11.0 Å². The quantitative estimate of drug-likeness (QED) is 0.295. The number of nitrogens with one attached hydrogen (secondary N) is 1. The lowest BCUT2D eigenvalue weighted by Gasteiger charge is -2.16. The number of carbonyl (C=O) groups is 1. The molecular weight excluding hydrogens is 416 g/mol. The maximum absolute atomic E-state index is 13.1. The van der Waals surface area contributed by atoms with E-state index in [0.29, 0.717) is 23.5 Å². The van der Waals surface area contributed by atoms with E-state index >= 15 is 0 Å². The lowest BCUT2D eigenvalue weighted by atomic mass is 10.1. The van der Waals surface area contributed by atoms with E-state index in [4.69, 9.17) is 22.1 Å². The van der Waals surface area contributed by atoms with E-state index in [1.807, 2.05) is 37.3 Å². The Morgan fingerprint density at radius 1 is 1.19 bits per heavy atom. The number of esters is 1. The third kappa shape index (κ3) is 5.86. The van der Waals surface area contributed by atoms with E-state index in [1.54, 1.807) is 24.3 Å². The monoisotopic (exact) mass is 440 g/mol. The molecule has 0 bridgehead atoms. The van der Waals surface area contributed by atoms with Crippen molar-refractivity contribution in [3.05, 3.63) is 75.7 Å². The lowest BCUT2D eigenvalue weighted by Crippen LogP contribution is -2.30. The lowest BCUT2D eigenvalue weighted by molar-refractivity contribution is -0.145. The van der Waals surface area contributed by atoms with Crippen LogP contribution in [0.3, 0.4) is 0 Å². The number of halogens is 1. The van der Waals surface area contributed by atoms with Crippen molar-refractivity contribution in [1.29, 1.82) is 0 Å². The first-order valence-corrected chi connectivity index (χ1v) is 10.5. The average molecular weight is 441 g/mol. The van der Waals surface area contributed by atoms with Crippen LogP contribution < -0.4 is 16.6 Å². The molecule has 0 amide bonds. The van der Waals surface area contributed by atoms with E-state index in [1.165, 1.54) is 4.57 Å². The van der Waals surface area contributed by atoms with Crippen LogP contribution in [0.25, 0.3) is 11.3 Å². The molecule has 0 aliphatic heterocycles. The maximum Gasteiger partial charge on any atom is 0.326 e. The smallest absolute Gasteiger partial charge is 0.326 e. The van der Waals surface area contributed by atoms with Crippen molar-refractivity contribution in [2.45, 2.75) is 32.9 Å². The first kappa shape index (κ1) is 22.4. The molecule has 31 heavy (non-hydrogen) atoms. The van der Waals surface area contributed by atoms with E-state index in [0.717, 1.165) is 18.4 Å². The van der Waals surface area contributed by atoms with E-state index < -0.39 is 11.5 Å². The van der Waals surface area contributed by atoms with Crippen molar-refractivity contribution in [2.75, 3.05) is 17.6 Å². The van der Waals surface area contributed by atoms with Gasteiger partial charge in [-0.25, -0.2) is 4.98 Å². The minimum Gasteiger partial charge on any atom is -0.459 e. The average Bonchev–Trinajstić information content (AvgIpc) is 2.76. The normalized spacial score (nSPS) is 10.6. The molecule has 7 nitrogen and oxygen atoms in total. The highest BCUT2D eigenvalue weighted by molar-refractivity contribution is 6.32. The highest BCUT2D eigenvalue weighted by Crippen LogP contribution is 2.27. The second kappa shape index (κ2) is 10.6. The number of unbranched alkanes of at least 4 members (excludes halogenated alkanes) is 1. The van der Waals surface area contributed by atoms with Crippen molar-refractivity contribution in [2.24, 2.45) is 0 Å². The standard InChI is InChI=1S/C23H25ClN4O3/c1-2-3-12-26-22-23(30)28(14-19(29)31-15-16-8-5-4-6-9-16)20(21(24)27-22)17-10-7-11-18(25)13-17/h4-11,13H,2-3,12,14-15,25H2,1H3,(H,26,27). The minimum absolute atomic E-state index is 0.0973. The number of carbonyl (C=O) groups excluding carboxylic acids is 1. The van der Waals surface area contributed by atoms with Crippen LogP contribution in [0.15, 0.2) is 59.4 Å². The van der Waals surface area contributed by atoms with Gasteiger partial charge < -0.3 is 15.8 Å². The number of aromatic nitrogens is 2. The number of nitrogens with zero attached hydrogens (tertiary/aromatic N) is 2. The third-order valence-electron chi connectivity index (χ3n) is 4.64. The van der Waals surface area contributed by atoms with Gasteiger partial charge in [0.05, 0.1) is 5.69 Å². The fourth-order valence-electron chi connectivity index (χ4n) is 3.06. The molecule has 162 valence electrons. The Kier molecular flexibility index (Phi) is 7.67. The SMILES string of the molecule is CCCCNc1nc(Cl)c(-c2cccc(N)c2)n(CC(=O)OCc2ccccc2)c1=O. The summed E-state index contributed by atoms with van der Waals surface area (Å²) in [5.41, 5.74) is 7.72. The molecule has 0 aliphatic rings. The molecule has 0 aliphatic carbocycles. The third-order valence-corrected chi connectivity index (χ3v) is 4.90. The van der Waals surface area contributed by atoms with Crippen LogP contribution in [-0.4, -0.2) is 22.1 Å². The molecular formula is C23H25ClN4O3. The first-order chi connectivity index (χ1) is 15.0. The van der Waals surface area contributed by atoms with E-state index in [9.17, 15) is 9.59 Å². The van der Waals surface area contributed by atoms with Gasteiger partial charge in [0.25, 0.3) is 5.56 Å². The predicted molar refractivity (Wildman–Crippen MR) is 123 cm³/mol. The number of benzene rings is 2. The van der Waals surface area contributed by atoms with Crippen LogP contribution in [0.2, 0.25) is 5.15 Å². The summed E-state index contributed by atoms with van der Waals surface area (Å²) in [7, 11) is 0. The summed E-state index contributed by atoms with van der Waals surface area (Å²) in [5.74, 6) is -0.458. The van der Waals surface area contributed by atoms with E-state index in [-0.39, 0.29) is 24.1 Å². The van der Waals surface area contributed by atoms with Crippen molar-refractivity contribution in [3.8, 4) is 11.3 Å². The zero-order chi connectivity index (χ0) is 22.2. The summed E-state index contributed by atoms with van der Waals surface area (Å²) < 4.78 is 6.66. The Bertz CT molecular complexity index is 1100. The molecule has 0 radical (unpaired) electrons. The molecule has 3 N–H and O–H groups in total. The van der Waals surface area contributed by atoms with Gasteiger partial charge in [-0.15, -0.1) is 0 Å². The summed E-state index contributed by atoms with van der Waals surface area (Å²) in [5, 5.41) is 3.11. The number of nitrogen functional groups attached to an aromatic ring is 1. The number of nitrogens with two attached hydrogens (primary N) is 1. The van der Waals surface area contributed by atoms with Gasteiger partial charge in [0.2, 0.25) is 0 Å². The van der Waals surface area contributed by atoms with Gasteiger partial charge in [-0.05, 0) is 24.1 Å². The molecule has 0 atom stereocenters. The van der Waals surface area contributed by atoms with Crippen molar-refractivity contribution >= 4 is 29.1 Å². The molecule has 0 spiro atoms. The summed E-state index contributed by atoms with van der Waals surface area (Å²) in [4.78, 5) is 30.0. The van der Waals surface area contributed by atoms with Crippen LogP contribution in [0.1, 0.15) is 25.3 Å². The molecule has 3 rings (SSSR count). The molecule has 3 aromatic rings. The Hall–Kier alpha value is -3.32. The van der Waals surface area contributed by atoms with Gasteiger partial charge >= 0.3 is 5.97 Å². The summed E-state index contributed by atoms with van der Waals surface area (Å²) in [6.07, 6.45) is 1.83. The fourth-order valence-corrected chi connectivity index (χ4v) is 3.36. The van der Waals surface area contributed by atoms with Gasteiger partial charge in [0.1, 0.15) is 13.2 Å². The van der Waals surface area contributed by atoms with Crippen LogP contribution in [0.5, 0.6) is 0 Å².